The number of nitrogens with two attached hydrogens (primary N) is 1. The number of nitrogen functional groups attached to an aromatic ring is 1. The number of anilines is 1. The molecule has 3 heterocycles. The Hall–Kier alpha value is -2.93. The lowest BCUT2D eigenvalue weighted by Crippen LogP contribution is -1.97. The minimum Gasteiger partial charge on any atom is -0.497 e. The standard InChI is InChI=1S/C16H12N4O2S/c1-21-10-5-2-4-9(8-10)14-19-13(17)12-16(20-14)23-15(18-12)11-6-3-7-22-11/h2-8H,1H3,(H2,17,19,20). The molecule has 6 nitrogen and oxygen atoms in total. The molecule has 0 saturated heterocycles. The molecule has 0 unspecified atom stereocenters. The largest absolute Gasteiger partial charge is 0.497 e. The maximum atomic E-state index is 6.06. The van der Waals surface area contributed by atoms with Gasteiger partial charge in [-0.1, -0.05) is 23.5 Å². The average Bonchev–Trinajstić information content (AvgIpc) is 3.24. The minimum atomic E-state index is 0.349. The number of hydrogen-bond donors (Lipinski definition) is 1. The van der Waals surface area contributed by atoms with Gasteiger partial charge in [0.15, 0.2) is 22.4 Å². The third kappa shape index (κ3) is 2.40. The first-order chi connectivity index (χ1) is 11.2. The maximum Gasteiger partial charge on any atom is 0.163 e. The van der Waals surface area contributed by atoms with Crippen LogP contribution in [0.1, 0.15) is 0 Å². The van der Waals surface area contributed by atoms with Gasteiger partial charge in [0, 0.05) is 5.56 Å². The Morgan fingerprint density at radius 3 is 2.83 bits per heavy atom. The molecule has 4 aromatic rings. The highest BCUT2D eigenvalue weighted by molar-refractivity contribution is 7.21. The lowest BCUT2D eigenvalue weighted by molar-refractivity contribution is 0.415. The summed E-state index contributed by atoms with van der Waals surface area (Å²) in [6.45, 7) is 0. The number of thiazole rings is 1. The van der Waals surface area contributed by atoms with Gasteiger partial charge in [-0.3, -0.25) is 0 Å². The molecule has 0 saturated carbocycles. The van der Waals surface area contributed by atoms with Crippen LogP contribution >= 0.6 is 11.3 Å². The Balaban J connectivity index is 1.86. The van der Waals surface area contributed by atoms with E-state index in [2.05, 4.69) is 15.0 Å². The van der Waals surface area contributed by atoms with E-state index in [-0.39, 0.29) is 0 Å². The van der Waals surface area contributed by atoms with E-state index in [0.29, 0.717) is 22.9 Å². The molecule has 1 aromatic carbocycles. The van der Waals surface area contributed by atoms with Crippen molar-refractivity contribution in [1.82, 2.24) is 15.0 Å². The minimum absolute atomic E-state index is 0.349. The van der Waals surface area contributed by atoms with E-state index in [4.69, 9.17) is 14.9 Å². The van der Waals surface area contributed by atoms with Gasteiger partial charge in [0.1, 0.15) is 16.1 Å². The van der Waals surface area contributed by atoms with Crippen molar-refractivity contribution >= 4 is 27.5 Å². The van der Waals surface area contributed by atoms with Gasteiger partial charge in [-0.05, 0) is 24.3 Å². The van der Waals surface area contributed by atoms with Crippen LogP contribution in [0.4, 0.5) is 5.82 Å². The Morgan fingerprint density at radius 2 is 2.04 bits per heavy atom. The number of ether oxygens (including phenoxy) is 1. The fourth-order valence-corrected chi connectivity index (χ4v) is 3.16. The second-order valence-corrected chi connectivity index (χ2v) is 5.79. The molecule has 0 bridgehead atoms. The molecule has 0 spiro atoms. The highest BCUT2D eigenvalue weighted by Crippen LogP contribution is 2.33. The van der Waals surface area contributed by atoms with Gasteiger partial charge >= 0.3 is 0 Å². The van der Waals surface area contributed by atoms with Crippen molar-refractivity contribution in [2.24, 2.45) is 0 Å². The van der Waals surface area contributed by atoms with Crippen molar-refractivity contribution in [2.45, 2.75) is 0 Å². The van der Waals surface area contributed by atoms with Crippen LogP contribution in [0.25, 0.3) is 32.5 Å². The first kappa shape index (κ1) is 13.7. The average molecular weight is 324 g/mol. The Morgan fingerprint density at radius 1 is 1.13 bits per heavy atom. The predicted molar refractivity (Wildman–Crippen MR) is 89.3 cm³/mol. The zero-order valence-electron chi connectivity index (χ0n) is 12.2. The van der Waals surface area contributed by atoms with E-state index in [1.54, 1.807) is 13.4 Å². The molecule has 0 aliphatic carbocycles. The van der Waals surface area contributed by atoms with Crippen LogP contribution in [0.2, 0.25) is 0 Å². The maximum absolute atomic E-state index is 6.06. The van der Waals surface area contributed by atoms with Crippen molar-refractivity contribution in [3.8, 4) is 27.9 Å². The van der Waals surface area contributed by atoms with Crippen molar-refractivity contribution in [3.05, 3.63) is 42.7 Å². The van der Waals surface area contributed by atoms with Gasteiger partial charge in [0.25, 0.3) is 0 Å². The molecule has 23 heavy (non-hydrogen) atoms. The summed E-state index contributed by atoms with van der Waals surface area (Å²) in [5.41, 5.74) is 7.49. The van der Waals surface area contributed by atoms with Crippen molar-refractivity contribution in [3.63, 3.8) is 0 Å². The van der Waals surface area contributed by atoms with Gasteiger partial charge in [-0.15, -0.1) is 0 Å². The Bertz CT molecular complexity index is 979. The fourth-order valence-electron chi connectivity index (χ4n) is 2.24. The quantitative estimate of drug-likeness (QED) is 0.619. The molecule has 7 heteroatoms. The van der Waals surface area contributed by atoms with E-state index in [9.17, 15) is 0 Å². The predicted octanol–water partition coefficient (Wildman–Crippen LogP) is 3.60. The number of fused-ring (bicyclic) bond motifs is 1. The first-order valence-corrected chi connectivity index (χ1v) is 7.68. The van der Waals surface area contributed by atoms with Gasteiger partial charge in [-0.25, -0.2) is 15.0 Å². The molecular formula is C16H12N4O2S. The molecule has 0 aliphatic heterocycles. The van der Waals surface area contributed by atoms with Crippen molar-refractivity contribution in [2.75, 3.05) is 12.8 Å². The highest BCUT2D eigenvalue weighted by Gasteiger charge is 2.15. The number of benzene rings is 1. The number of rotatable bonds is 3. The zero-order valence-corrected chi connectivity index (χ0v) is 13.0. The zero-order chi connectivity index (χ0) is 15.8. The van der Waals surface area contributed by atoms with Crippen LogP contribution in [0.15, 0.2) is 47.1 Å². The van der Waals surface area contributed by atoms with E-state index in [1.807, 2.05) is 36.4 Å². The third-order valence-electron chi connectivity index (χ3n) is 3.35. The molecular weight excluding hydrogens is 312 g/mol. The van der Waals surface area contributed by atoms with Gasteiger partial charge in [-0.2, -0.15) is 0 Å². The normalized spacial score (nSPS) is 11.0. The monoisotopic (exact) mass is 324 g/mol. The van der Waals surface area contributed by atoms with Gasteiger partial charge in [0.05, 0.1) is 13.4 Å². The number of furan rings is 1. The second kappa shape index (κ2) is 5.36. The lowest BCUT2D eigenvalue weighted by atomic mass is 10.2. The van der Waals surface area contributed by atoms with Crippen molar-refractivity contribution in [1.29, 1.82) is 0 Å². The van der Waals surface area contributed by atoms with E-state index in [1.165, 1.54) is 11.3 Å². The van der Waals surface area contributed by atoms with E-state index < -0.39 is 0 Å². The summed E-state index contributed by atoms with van der Waals surface area (Å²) in [4.78, 5) is 14.1. The van der Waals surface area contributed by atoms with E-state index in [0.717, 1.165) is 21.2 Å². The molecule has 114 valence electrons. The highest BCUT2D eigenvalue weighted by atomic mass is 32.1. The molecule has 0 fully saturated rings. The van der Waals surface area contributed by atoms with Crippen LogP contribution in [-0.2, 0) is 0 Å². The Kier molecular flexibility index (Phi) is 3.20. The summed E-state index contributed by atoms with van der Waals surface area (Å²) >= 11 is 1.42. The summed E-state index contributed by atoms with van der Waals surface area (Å²) in [5, 5.41) is 0.730. The van der Waals surface area contributed by atoms with Crippen LogP contribution in [0, 0.1) is 0 Å². The van der Waals surface area contributed by atoms with Crippen LogP contribution < -0.4 is 10.5 Å². The smallest absolute Gasteiger partial charge is 0.163 e. The first-order valence-electron chi connectivity index (χ1n) is 6.87. The summed E-state index contributed by atoms with van der Waals surface area (Å²) in [6.07, 6.45) is 1.61. The second-order valence-electron chi connectivity index (χ2n) is 4.81. The summed E-state index contributed by atoms with van der Waals surface area (Å²) in [6, 6.07) is 11.2. The van der Waals surface area contributed by atoms with Gasteiger partial charge in [0.2, 0.25) is 0 Å². The topological polar surface area (TPSA) is 87.1 Å². The molecule has 0 aliphatic rings. The number of aromatic nitrogens is 3. The molecule has 0 amide bonds. The number of nitrogens with zero attached hydrogens (tertiary/aromatic N) is 3. The molecule has 4 rings (SSSR count). The number of hydrogen-bond acceptors (Lipinski definition) is 7. The molecule has 0 atom stereocenters. The SMILES string of the molecule is COc1cccc(-c2nc(N)c3nc(-c4ccco4)sc3n2)c1. The lowest BCUT2D eigenvalue weighted by Gasteiger charge is -2.04. The van der Waals surface area contributed by atoms with Gasteiger partial charge < -0.3 is 14.9 Å². The number of methoxy groups -OCH3 is 1. The molecule has 0 radical (unpaired) electrons. The third-order valence-corrected chi connectivity index (χ3v) is 4.31. The Labute approximate surface area is 135 Å². The molecule has 3 aromatic heterocycles. The van der Waals surface area contributed by atoms with Crippen LogP contribution in [0.3, 0.4) is 0 Å². The van der Waals surface area contributed by atoms with Crippen LogP contribution in [0.5, 0.6) is 5.75 Å². The summed E-state index contributed by atoms with van der Waals surface area (Å²) in [5.74, 6) is 2.33. The van der Waals surface area contributed by atoms with E-state index >= 15 is 0 Å². The summed E-state index contributed by atoms with van der Waals surface area (Å²) in [7, 11) is 1.62. The van der Waals surface area contributed by atoms with Crippen LogP contribution in [-0.4, -0.2) is 22.1 Å². The van der Waals surface area contributed by atoms with Crippen molar-refractivity contribution < 1.29 is 9.15 Å². The molecule has 2 N–H and O–H groups in total. The summed E-state index contributed by atoms with van der Waals surface area (Å²) < 4.78 is 10.6. The fraction of sp³-hybridized carbons (Fsp3) is 0.0625.